The lowest BCUT2D eigenvalue weighted by molar-refractivity contribution is -0.384. The summed E-state index contributed by atoms with van der Waals surface area (Å²) in [5.41, 5.74) is 1.13. The van der Waals surface area contributed by atoms with Gasteiger partial charge in [0.15, 0.2) is 0 Å². The van der Waals surface area contributed by atoms with Crippen molar-refractivity contribution in [2.75, 3.05) is 0 Å². The highest BCUT2D eigenvalue weighted by Gasteiger charge is 2.25. The number of nitro groups is 1. The second-order valence-corrected chi connectivity index (χ2v) is 6.13. The molecule has 9 heteroatoms. The van der Waals surface area contributed by atoms with Crippen LogP contribution in [0.2, 0.25) is 0 Å². The minimum Gasteiger partial charge on any atom is -0.456 e. The van der Waals surface area contributed by atoms with Crippen LogP contribution in [0.3, 0.4) is 0 Å². The number of carbonyl (C=O) groups excluding carboxylic acids is 2. The molecule has 0 aromatic heterocycles. The highest BCUT2D eigenvalue weighted by Crippen LogP contribution is 2.17. The molecular weight excluding hydrogens is 369 g/mol. The maximum absolute atomic E-state index is 13.0. The Hall–Kier alpha value is -3.62. The van der Waals surface area contributed by atoms with Crippen LogP contribution in [0.1, 0.15) is 24.0 Å². The first kappa shape index (κ1) is 19.2. The largest absolute Gasteiger partial charge is 0.456 e. The molecule has 0 spiro atoms. The number of ether oxygens (including phenoxy) is 1. The number of carbonyl (C=O) groups is 2. The molecule has 0 fully saturated rings. The first-order chi connectivity index (χ1) is 13.4. The van der Waals surface area contributed by atoms with Gasteiger partial charge in [0, 0.05) is 25.0 Å². The zero-order chi connectivity index (χ0) is 20.1. The number of esters is 1. The van der Waals surface area contributed by atoms with E-state index in [0.717, 1.165) is 5.01 Å². The van der Waals surface area contributed by atoms with Gasteiger partial charge in [-0.05, 0) is 23.3 Å². The second kappa shape index (κ2) is 8.38. The molecule has 0 bridgehead atoms. The van der Waals surface area contributed by atoms with E-state index >= 15 is 0 Å². The van der Waals surface area contributed by atoms with Gasteiger partial charge in [0.2, 0.25) is 5.91 Å². The van der Waals surface area contributed by atoms with Crippen molar-refractivity contribution in [3.8, 4) is 0 Å². The van der Waals surface area contributed by atoms with Crippen LogP contribution in [0, 0.1) is 15.9 Å². The van der Waals surface area contributed by atoms with E-state index in [2.05, 4.69) is 5.10 Å². The Kier molecular flexibility index (Phi) is 5.73. The molecule has 0 radical (unpaired) electrons. The fourth-order valence-electron chi connectivity index (χ4n) is 2.63. The molecule has 0 unspecified atom stereocenters. The molecule has 0 atom stereocenters. The van der Waals surface area contributed by atoms with Crippen LogP contribution in [0.5, 0.6) is 0 Å². The molecule has 28 heavy (non-hydrogen) atoms. The minimum absolute atomic E-state index is 0.0899. The Bertz CT molecular complexity index is 943. The number of nitro benzene ring substituents is 1. The van der Waals surface area contributed by atoms with Crippen molar-refractivity contribution in [3.63, 3.8) is 0 Å². The van der Waals surface area contributed by atoms with Crippen LogP contribution in [0.4, 0.5) is 10.1 Å². The fourth-order valence-corrected chi connectivity index (χ4v) is 2.63. The number of hydrazone groups is 1. The average molecular weight is 385 g/mol. The van der Waals surface area contributed by atoms with Crippen LogP contribution >= 0.6 is 0 Å². The normalized spacial score (nSPS) is 13.8. The Balaban J connectivity index is 1.65. The quantitative estimate of drug-likeness (QED) is 0.432. The van der Waals surface area contributed by atoms with E-state index in [1.165, 1.54) is 42.5 Å². The molecule has 1 amide bonds. The van der Waals surface area contributed by atoms with E-state index < -0.39 is 10.9 Å². The number of non-ortho nitro benzene ring substituents is 1. The molecule has 0 saturated heterocycles. The molecule has 0 saturated carbocycles. The van der Waals surface area contributed by atoms with E-state index in [4.69, 9.17) is 4.74 Å². The third-order valence-electron chi connectivity index (χ3n) is 4.08. The van der Waals surface area contributed by atoms with Crippen molar-refractivity contribution in [2.24, 2.45) is 5.10 Å². The summed E-state index contributed by atoms with van der Waals surface area (Å²) in [4.78, 5) is 34.6. The van der Waals surface area contributed by atoms with Crippen LogP contribution < -0.4 is 0 Å². The zero-order valence-corrected chi connectivity index (χ0v) is 14.7. The zero-order valence-electron chi connectivity index (χ0n) is 14.7. The standard InChI is InChI=1S/C19H16FN3O5/c20-15-6-4-13(5-7-15)11-22-18(24)9-8-17(21-22)19(25)28-12-14-2-1-3-16(10-14)23(26)27/h1-7,10H,8-9,11-12H2. The van der Waals surface area contributed by atoms with E-state index in [1.807, 2.05) is 0 Å². The first-order valence-corrected chi connectivity index (χ1v) is 8.45. The number of nitrogens with zero attached hydrogens (tertiary/aromatic N) is 3. The van der Waals surface area contributed by atoms with E-state index in [1.54, 1.807) is 6.07 Å². The topological polar surface area (TPSA) is 102 Å². The second-order valence-electron chi connectivity index (χ2n) is 6.13. The van der Waals surface area contributed by atoms with Crippen molar-refractivity contribution in [1.82, 2.24) is 5.01 Å². The number of hydrogen-bond donors (Lipinski definition) is 0. The monoisotopic (exact) mass is 385 g/mol. The molecule has 2 aromatic rings. The van der Waals surface area contributed by atoms with E-state index in [-0.39, 0.29) is 49.1 Å². The Labute approximate surface area is 159 Å². The summed E-state index contributed by atoms with van der Waals surface area (Å²) in [5.74, 6) is -1.33. The molecule has 0 N–H and O–H groups in total. The van der Waals surface area contributed by atoms with Crippen LogP contribution in [0.15, 0.2) is 53.6 Å². The van der Waals surface area contributed by atoms with Gasteiger partial charge in [-0.25, -0.2) is 14.2 Å². The molecule has 144 valence electrons. The van der Waals surface area contributed by atoms with Gasteiger partial charge in [-0.3, -0.25) is 14.9 Å². The number of benzene rings is 2. The molecule has 1 aliphatic rings. The maximum atomic E-state index is 13.0. The average Bonchev–Trinajstić information content (AvgIpc) is 2.69. The fraction of sp³-hybridized carbons (Fsp3) is 0.211. The summed E-state index contributed by atoms with van der Waals surface area (Å²) in [5, 5.41) is 16.0. The van der Waals surface area contributed by atoms with Gasteiger partial charge in [-0.2, -0.15) is 5.10 Å². The minimum atomic E-state index is -0.692. The predicted octanol–water partition coefficient (Wildman–Crippen LogP) is 2.96. The summed E-state index contributed by atoms with van der Waals surface area (Å²) in [6.45, 7) is -0.0355. The molecule has 3 rings (SSSR count). The van der Waals surface area contributed by atoms with E-state index in [9.17, 15) is 24.1 Å². The summed E-state index contributed by atoms with van der Waals surface area (Å²) in [6.07, 6.45) is 0.248. The molecular formula is C19H16FN3O5. The molecule has 2 aromatic carbocycles. The molecule has 1 aliphatic heterocycles. The van der Waals surface area contributed by atoms with Gasteiger partial charge in [0.25, 0.3) is 5.69 Å². The summed E-state index contributed by atoms with van der Waals surface area (Å²) in [7, 11) is 0. The number of rotatable bonds is 6. The van der Waals surface area contributed by atoms with Gasteiger partial charge in [-0.15, -0.1) is 0 Å². The van der Waals surface area contributed by atoms with Gasteiger partial charge in [0.05, 0.1) is 11.5 Å². The van der Waals surface area contributed by atoms with Crippen molar-refractivity contribution in [1.29, 1.82) is 0 Å². The van der Waals surface area contributed by atoms with Gasteiger partial charge in [0.1, 0.15) is 18.1 Å². The highest BCUT2D eigenvalue weighted by atomic mass is 19.1. The summed E-state index contributed by atoms with van der Waals surface area (Å²) >= 11 is 0. The van der Waals surface area contributed by atoms with Crippen LogP contribution in [-0.4, -0.2) is 27.5 Å². The Morgan fingerprint density at radius 2 is 1.93 bits per heavy atom. The summed E-state index contributed by atoms with van der Waals surface area (Å²) in [6, 6.07) is 11.4. The van der Waals surface area contributed by atoms with E-state index in [0.29, 0.717) is 11.1 Å². The van der Waals surface area contributed by atoms with Crippen molar-refractivity contribution < 1.29 is 23.6 Å². The lowest BCUT2D eigenvalue weighted by Gasteiger charge is -2.22. The van der Waals surface area contributed by atoms with Gasteiger partial charge in [-0.1, -0.05) is 24.3 Å². The van der Waals surface area contributed by atoms with Crippen LogP contribution in [0.25, 0.3) is 0 Å². The third-order valence-corrected chi connectivity index (χ3v) is 4.08. The summed E-state index contributed by atoms with van der Waals surface area (Å²) < 4.78 is 18.2. The first-order valence-electron chi connectivity index (χ1n) is 8.45. The highest BCUT2D eigenvalue weighted by molar-refractivity contribution is 6.37. The Morgan fingerprint density at radius 3 is 2.64 bits per heavy atom. The third kappa shape index (κ3) is 4.76. The predicted molar refractivity (Wildman–Crippen MR) is 96.5 cm³/mol. The Morgan fingerprint density at radius 1 is 1.18 bits per heavy atom. The molecule has 8 nitrogen and oxygen atoms in total. The lowest BCUT2D eigenvalue weighted by atomic mass is 10.1. The van der Waals surface area contributed by atoms with Gasteiger partial charge >= 0.3 is 5.97 Å². The van der Waals surface area contributed by atoms with Gasteiger partial charge < -0.3 is 4.74 Å². The smallest absolute Gasteiger partial charge is 0.354 e. The van der Waals surface area contributed by atoms with Crippen molar-refractivity contribution in [3.05, 3.63) is 75.6 Å². The molecule has 1 heterocycles. The molecule has 0 aliphatic carbocycles. The van der Waals surface area contributed by atoms with Crippen molar-refractivity contribution in [2.45, 2.75) is 26.0 Å². The van der Waals surface area contributed by atoms with Crippen LogP contribution in [-0.2, 0) is 27.5 Å². The maximum Gasteiger partial charge on any atom is 0.354 e. The number of halogens is 1. The number of hydrogen-bond acceptors (Lipinski definition) is 6. The number of amides is 1. The van der Waals surface area contributed by atoms with Crippen molar-refractivity contribution >= 4 is 23.3 Å². The SMILES string of the molecule is O=C(OCc1cccc([N+](=O)[O-])c1)C1=NN(Cc2ccc(F)cc2)C(=O)CC1. The lowest BCUT2D eigenvalue weighted by Crippen LogP contribution is -2.34.